The maximum absolute atomic E-state index is 13.1. The lowest BCUT2D eigenvalue weighted by Crippen LogP contribution is -2.57. The highest BCUT2D eigenvalue weighted by molar-refractivity contribution is 5.91. The molecule has 1 aromatic carbocycles. The van der Waals surface area contributed by atoms with Gasteiger partial charge >= 0.3 is 6.09 Å². The molecule has 2 heterocycles. The number of piperazine rings is 1. The zero-order valence-corrected chi connectivity index (χ0v) is 18.5. The number of carbonyl (C=O) groups is 3. The number of hydrogen-bond donors (Lipinski definition) is 2. The molecule has 2 aliphatic rings. The van der Waals surface area contributed by atoms with E-state index in [9.17, 15) is 14.4 Å². The van der Waals surface area contributed by atoms with E-state index in [1.807, 2.05) is 49.1 Å². The number of amides is 3. The number of ether oxygens (including phenoxy) is 1. The molecule has 0 bridgehead atoms. The fourth-order valence-corrected chi connectivity index (χ4v) is 4.13. The summed E-state index contributed by atoms with van der Waals surface area (Å²) in [6, 6.07) is 8.28. The van der Waals surface area contributed by atoms with Gasteiger partial charge in [0.1, 0.15) is 18.7 Å². The molecule has 31 heavy (non-hydrogen) atoms. The van der Waals surface area contributed by atoms with Crippen LogP contribution in [0, 0.1) is 5.92 Å². The van der Waals surface area contributed by atoms with Gasteiger partial charge in [0.15, 0.2) is 0 Å². The predicted octanol–water partition coefficient (Wildman–Crippen LogP) is 1.75. The third kappa shape index (κ3) is 6.43. The fraction of sp³-hybridized carbons (Fsp3) is 0.609. The Balaban J connectivity index is 1.60. The van der Waals surface area contributed by atoms with E-state index in [4.69, 9.17) is 4.74 Å². The maximum atomic E-state index is 13.1. The van der Waals surface area contributed by atoms with Crippen LogP contribution in [0.25, 0.3) is 0 Å². The summed E-state index contributed by atoms with van der Waals surface area (Å²) in [6.07, 6.45) is 1.39. The molecule has 0 aliphatic carbocycles. The molecule has 0 saturated carbocycles. The molecule has 2 fully saturated rings. The van der Waals surface area contributed by atoms with Crippen molar-refractivity contribution in [1.82, 2.24) is 20.4 Å². The van der Waals surface area contributed by atoms with E-state index >= 15 is 0 Å². The van der Waals surface area contributed by atoms with Gasteiger partial charge in [-0.3, -0.25) is 14.5 Å². The molecule has 0 spiro atoms. The van der Waals surface area contributed by atoms with Gasteiger partial charge in [0.2, 0.25) is 11.8 Å². The molecule has 0 unspecified atom stereocenters. The summed E-state index contributed by atoms with van der Waals surface area (Å²) >= 11 is 0. The van der Waals surface area contributed by atoms with Crippen LogP contribution in [-0.2, 0) is 20.9 Å². The zero-order chi connectivity index (χ0) is 22.2. The van der Waals surface area contributed by atoms with Crippen LogP contribution >= 0.6 is 0 Å². The molecule has 0 aromatic heterocycles. The monoisotopic (exact) mass is 430 g/mol. The first-order valence-corrected chi connectivity index (χ1v) is 11.2. The van der Waals surface area contributed by atoms with E-state index in [2.05, 4.69) is 10.6 Å². The highest BCUT2D eigenvalue weighted by Gasteiger charge is 2.37. The lowest BCUT2D eigenvalue weighted by Gasteiger charge is -2.32. The van der Waals surface area contributed by atoms with Crippen molar-refractivity contribution in [3.63, 3.8) is 0 Å². The second kappa shape index (κ2) is 11.1. The Morgan fingerprint density at radius 2 is 1.84 bits per heavy atom. The summed E-state index contributed by atoms with van der Waals surface area (Å²) < 4.78 is 5.43. The van der Waals surface area contributed by atoms with Crippen LogP contribution in [-0.4, -0.2) is 72.5 Å². The predicted molar refractivity (Wildman–Crippen MR) is 117 cm³/mol. The minimum atomic E-state index is -0.603. The van der Waals surface area contributed by atoms with Crippen LogP contribution in [0.15, 0.2) is 30.3 Å². The van der Waals surface area contributed by atoms with Gasteiger partial charge in [-0.05, 0) is 30.7 Å². The topological polar surface area (TPSA) is 91.0 Å². The summed E-state index contributed by atoms with van der Waals surface area (Å²) in [5.74, 6) is -0.0595. The third-order valence-corrected chi connectivity index (χ3v) is 5.75. The van der Waals surface area contributed by atoms with E-state index in [1.54, 1.807) is 0 Å². The standard InChI is InChI=1S/C23H34N4O4/c1-17(2)15-19(22(29)26-13-10-24-11-14-26)25-21(28)20-9-6-12-27(20)23(30)31-16-18-7-4-3-5-8-18/h3-5,7-8,17,19-20,24H,6,9-16H2,1-2H3,(H,25,28)/t19-,20-/m0/s1. The van der Waals surface area contributed by atoms with Gasteiger partial charge in [-0.15, -0.1) is 0 Å². The maximum Gasteiger partial charge on any atom is 0.410 e. The summed E-state index contributed by atoms with van der Waals surface area (Å²) in [5, 5.41) is 6.18. The largest absolute Gasteiger partial charge is 0.445 e. The summed E-state index contributed by atoms with van der Waals surface area (Å²) in [5.41, 5.74) is 0.898. The number of likely N-dealkylation sites (tertiary alicyclic amines) is 1. The van der Waals surface area contributed by atoms with Gasteiger partial charge in [0.25, 0.3) is 0 Å². The third-order valence-electron chi connectivity index (χ3n) is 5.75. The molecule has 3 rings (SSSR count). The Bertz CT molecular complexity index is 749. The molecular weight excluding hydrogens is 396 g/mol. The Morgan fingerprint density at radius 3 is 2.52 bits per heavy atom. The number of nitrogens with one attached hydrogen (secondary N) is 2. The van der Waals surface area contributed by atoms with Crippen LogP contribution in [0.3, 0.4) is 0 Å². The highest BCUT2D eigenvalue weighted by atomic mass is 16.6. The summed E-state index contributed by atoms with van der Waals surface area (Å²) in [6.45, 7) is 7.53. The van der Waals surface area contributed by atoms with Gasteiger partial charge in [-0.1, -0.05) is 44.2 Å². The van der Waals surface area contributed by atoms with Crippen molar-refractivity contribution in [2.75, 3.05) is 32.7 Å². The molecule has 0 radical (unpaired) electrons. The molecule has 170 valence electrons. The first kappa shape index (κ1) is 23.1. The van der Waals surface area contributed by atoms with Crippen LogP contribution in [0.1, 0.15) is 38.7 Å². The van der Waals surface area contributed by atoms with Crippen LogP contribution in [0.4, 0.5) is 4.79 Å². The van der Waals surface area contributed by atoms with Crippen LogP contribution < -0.4 is 10.6 Å². The Morgan fingerprint density at radius 1 is 1.13 bits per heavy atom. The molecule has 2 N–H and O–H groups in total. The average Bonchev–Trinajstić information content (AvgIpc) is 3.28. The van der Waals surface area contributed by atoms with E-state index < -0.39 is 18.2 Å². The van der Waals surface area contributed by atoms with Gasteiger partial charge in [0, 0.05) is 32.7 Å². The van der Waals surface area contributed by atoms with Crippen molar-refractivity contribution in [2.45, 2.75) is 51.8 Å². The van der Waals surface area contributed by atoms with Crippen molar-refractivity contribution in [2.24, 2.45) is 5.92 Å². The van der Waals surface area contributed by atoms with Crippen molar-refractivity contribution < 1.29 is 19.1 Å². The van der Waals surface area contributed by atoms with E-state index in [-0.39, 0.29) is 24.3 Å². The molecule has 3 amide bonds. The Labute approximate surface area is 184 Å². The van der Waals surface area contributed by atoms with Crippen LogP contribution in [0.5, 0.6) is 0 Å². The zero-order valence-electron chi connectivity index (χ0n) is 18.5. The first-order valence-electron chi connectivity index (χ1n) is 11.2. The molecular formula is C23H34N4O4. The van der Waals surface area contributed by atoms with Crippen LogP contribution in [0.2, 0.25) is 0 Å². The highest BCUT2D eigenvalue weighted by Crippen LogP contribution is 2.20. The number of rotatable bonds is 7. The van der Waals surface area contributed by atoms with E-state index in [0.29, 0.717) is 32.5 Å². The second-order valence-corrected chi connectivity index (χ2v) is 8.66. The SMILES string of the molecule is CC(C)C[C@H](NC(=O)[C@@H]1CCCN1C(=O)OCc1ccccc1)C(=O)N1CCNCC1. The van der Waals surface area contributed by atoms with Gasteiger partial charge in [-0.2, -0.15) is 0 Å². The number of benzene rings is 1. The first-order chi connectivity index (χ1) is 15.0. The second-order valence-electron chi connectivity index (χ2n) is 8.66. The van der Waals surface area contributed by atoms with E-state index in [0.717, 1.165) is 25.1 Å². The average molecular weight is 431 g/mol. The Hall–Kier alpha value is -2.61. The number of carbonyl (C=O) groups excluding carboxylic acids is 3. The fourth-order valence-electron chi connectivity index (χ4n) is 4.13. The Kier molecular flexibility index (Phi) is 8.28. The van der Waals surface area contributed by atoms with Crippen molar-refractivity contribution in [3.05, 3.63) is 35.9 Å². The smallest absolute Gasteiger partial charge is 0.410 e. The quantitative estimate of drug-likeness (QED) is 0.688. The minimum Gasteiger partial charge on any atom is -0.445 e. The molecule has 2 saturated heterocycles. The summed E-state index contributed by atoms with van der Waals surface area (Å²) in [7, 11) is 0. The summed E-state index contributed by atoms with van der Waals surface area (Å²) in [4.78, 5) is 42.0. The van der Waals surface area contributed by atoms with Gasteiger partial charge in [-0.25, -0.2) is 4.79 Å². The number of nitrogens with zero attached hydrogens (tertiary/aromatic N) is 2. The lowest BCUT2D eigenvalue weighted by molar-refractivity contribution is -0.138. The molecule has 2 aliphatic heterocycles. The van der Waals surface area contributed by atoms with Crippen molar-refractivity contribution in [1.29, 1.82) is 0 Å². The molecule has 8 heteroatoms. The normalized spacial score (nSPS) is 19.9. The molecule has 1 aromatic rings. The molecule has 8 nitrogen and oxygen atoms in total. The van der Waals surface area contributed by atoms with Crippen molar-refractivity contribution in [3.8, 4) is 0 Å². The van der Waals surface area contributed by atoms with Gasteiger partial charge < -0.3 is 20.3 Å². The number of hydrogen-bond acceptors (Lipinski definition) is 5. The van der Waals surface area contributed by atoms with Crippen molar-refractivity contribution >= 4 is 17.9 Å². The molecule has 2 atom stereocenters. The van der Waals surface area contributed by atoms with Gasteiger partial charge in [0.05, 0.1) is 0 Å². The lowest BCUT2D eigenvalue weighted by atomic mass is 10.0. The minimum absolute atomic E-state index is 0.0419. The van der Waals surface area contributed by atoms with E-state index in [1.165, 1.54) is 4.90 Å².